The van der Waals surface area contributed by atoms with Gasteiger partial charge in [0.25, 0.3) is 0 Å². The average molecular weight is 281 g/mol. The Morgan fingerprint density at radius 2 is 1.95 bits per heavy atom. The van der Waals surface area contributed by atoms with Crippen LogP contribution in [-0.2, 0) is 19.6 Å². The van der Waals surface area contributed by atoms with Gasteiger partial charge in [0.05, 0.1) is 4.90 Å². The van der Waals surface area contributed by atoms with Crippen LogP contribution in [0.25, 0.3) is 0 Å². The Bertz CT molecular complexity index is 604. The van der Waals surface area contributed by atoms with Gasteiger partial charge in [-0.3, -0.25) is 4.79 Å². The summed E-state index contributed by atoms with van der Waals surface area (Å²) in [6, 6.07) is 5.51. The highest BCUT2D eigenvalue weighted by Crippen LogP contribution is 2.16. The molecule has 0 spiro atoms. The number of carbonyl (C=O) groups excluding carboxylic acids is 1. The van der Waals surface area contributed by atoms with Crippen molar-refractivity contribution in [2.24, 2.45) is 0 Å². The molecule has 1 heterocycles. The maximum absolute atomic E-state index is 12.1. The molecule has 1 N–H and O–H groups in total. The lowest BCUT2D eigenvalue weighted by Gasteiger charge is -2.23. The number of ether oxygens (including phenoxy) is 1. The van der Waals surface area contributed by atoms with E-state index in [1.54, 1.807) is 12.1 Å². The molecule has 0 bridgehead atoms. The van der Waals surface area contributed by atoms with E-state index in [0.717, 1.165) is 5.56 Å². The number of aryl methyl sites for hydroxylation is 1. The van der Waals surface area contributed by atoms with Crippen molar-refractivity contribution in [1.29, 1.82) is 0 Å². The van der Waals surface area contributed by atoms with Crippen molar-refractivity contribution >= 4 is 16.0 Å². The molecule has 0 aliphatic carbocycles. The monoisotopic (exact) mass is 281 g/mol. The van der Waals surface area contributed by atoms with Crippen LogP contribution in [0.3, 0.4) is 0 Å². The van der Waals surface area contributed by atoms with Gasteiger partial charge < -0.3 is 4.74 Å². The molecule has 6 heteroatoms. The Labute approximate surface area is 112 Å². The Morgan fingerprint density at radius 3 is 2.58 bits per heavy atom. The van der Waals surface area contributed by atoms with Gasteiger partial charge in [0.2, 0.25) is 10.0 Å². The van der Waals surface area contributed by atoms with Crippen LogP contribution < -0.4 is 4.72 Å². The van der Waals surface area contributed by atoms with Gasteiger partial charge in [0.15, 0.2) is 0 Å². The largest absolute Gasteiger partial charge is 0.460 e. The summed E-state index contributed by atoms with van der Waals surface area (Å²) >= 11 is 0. The second kappa shape index (κ2) is 5.14. The Hall–Kier alpha value is -1.66. The van der Waals surface area contributed by atoms with Crippen molar-refractivity contribution in [3.63, 3.8) is 0 Å². The van der Waals surface area contributed by atoms with Gasteiger partial charge in [-0.05, 0) is 31.1 Å². The van der Waals surface area contributed by atoms with Crippen LogP contribution in [0.1, 0.15) is 12.0 Å². The highest BCUT2D eigenvalue weighted by Gasteiger charge is 2.30. The van der Waals surface area contributed by atoms with E-state index in [2.05, 4.69) is 11.3 Å². The van der Waals surface area contributed by atoms with Crippen LogP contribution in [0.2, 0.25) is 0 Å². The van der Waals surface area contributed by atoms with Crippen molar-refractivity contribution in [3.8, 4) is 0 Å². The van der Waals surface area contributed by atoms with Crippen molar-refractivity contribution in [1.82, 2.24) is 4.72 Å². The van der Waals surface area contributed by atoms with E-state index in [-0.39, 0.29) is 17.9 Å². The minimum absolute atomic E-state index is 0.127. The molecule has 1 aromatic rings. The minimum Gasteiger partial charge on any atom is -0.460 e. The van der Waals surface area contributed by atoms with Crippen LogP contribution in [0.5, 0.6) is 0 Å². The van der Waals surface area contributed by atoms with Crippen molar-refractivity contribution in [3.05, 3.63) is 42.0 Å². The quantitative estimate of drug-likeness (QED) is 0.666. The standard InChI is InChI=1S/C13H15NO4S/c1-9-3-5-11(6-4-9)19(16,17)14-12-7-10(2)8-18-13(12)15/h3-6,12,14H,2,7-8H2,1H3/t12-/m0/s1. The molecule has 1 aliphatic heterocycles. The van der Waals surface area contributed by atoms with E-state index in [4.69, 9.17) is 4.74 Å². The molecule has 0 radical (unpaired) electrons. The molecule has 19 heavy (non-hydrogen) atoms. The van der Waals surface area contributed by atoms with Gasteiger partial charge in [-0.2, -0.15) is 4.72 Å². The molecule has 5 nitrogen and oxygen atoms in total. The third kappa shape index (κ3) is 3.21. The second-order valence-electron chi connectivity index (χ2n) is 4.55. The maximum atomic E-state index is 12.1. The summed E-state index contributed by atoms with van der Waals surface area (Å²) in [5.41, 5.74) is 1.65. The zero-order chi connectivity index (χ0) is 14.0. The van der Waals surface area contributed by atoms with E-state index in [1.807, 2.05) is 6.92 Å². The zero-order valence-electron chi connectivity index (χ0n) is 10.5. The SMILES string of the molecule is C=C1COC(=O)[C@@H](NS(=O)(=O)c2ccc(C)cc2)C1. The van der Waals surface area contributed by atoms with Crippen LogP contribution in [0, 0.1) is 6.92 Å². The molecular weight excluding hydrogens is 266 g/mol. The Morgan fingerprint density at radius 1 is 1.32 bits per heavy atom. The van der Waals surface area contributed by atoms with E-state index in [9.17, 15) is 13.2 Å². The summed E-state index contributed by atoms with van der Waals surface area (Å²) in [6.45, 7) is 5.72. The number of benzene rings is 1. The zero-order valence-corrected chi connectivity index (χ0v) is 11.4. The van der Waals surface area contributed by atoms with Crippen LogP contribution in [-0.4, -0.2) is 27.0 Å². The molecule has 0 saturated carbocycles. The summed E-state index contributed by atoms with van der Waals surface area (Å²) in [5, 5.41) is 0. The van der Waals surface area contributed by atoms with Crippen LogP contribution >= 0.6 is 0 Å². The summed E-state index contributed by atoms with van der Waals surface area (Å²) in [5.74, 6) is -0.567. The molecule has 1 atom stereocenters. The first-order valence-electron chi connectivity index (χ1n) is 5.81. The lowest BCUT2D eigenvalue weighted by atomic mass is 10.1. The second-order valence-corrected chi connectivity index (χ2v) is 6.26. The highest BCUT2D eigenvalue weighted by molar-refractivity contribution is 7.89. The van der Waals surface area contributed by atoms with E-state index >= 15 is 0 Å². The van der Waals surface area contributed by atoms with Gasteiger partial charge in [-0.25, -0.2) is 8.42 Å². The fraction of sp³-hybridized carbons (Fsp3) is 0.308. The molecule has 1 aliphatic rings. The van der Waals surface area contributed by atoms with E-state index < -0.39 is 22.0 Å². The lowest BCUT2D eigenvalue weighted by Crippen LogP contribution is -2.44. The lowest BCUT2D eigenvalue weighted by molar-refractivity contribution is -0.146. The van der Waals surface area contributed by atoms with Crippen molar-refractivity contribution in [2.45, 2.75) is 24.3 Å². The first kappa shape index (κ1) is 13.8. The molecule has 1 fully saturated rings. The first-order valence-corrected chi connectivity index (χ1v) is 7.29. The molecule has 0 unspecified atom stereocenters. The van der Waals surface area contributed by atoms with E-state index in [1.165, 1.54) is 12.1 Å². The van der Waals surface area contributed by atoms with Crippen molar-refractivity contribution < 1.29 is 17.9 Å². The fourth-order valence-electron chi connectivity index (χ4n) is 1.77. The summed E-state index contributed by atoms with van der Waals surface area (Å²) in [6.07, 6.45) is 0.268. The number of hydrogen-bond acceptors (Lipinski definition) is 4. The summed E-state index contributed by atoms with van der Waals surface area (Å²) < 4.78 is 31.4. The van der Waals surface area contributed by atoms with Gasteiger partial charge in [-0.1, -0.05) is 24.3 Å². The molecule has 1 saturated heterocycles. The summed E-state index contributed by atoms with van der Waals surface area (Å²) in [7, 11) is -3.72. The van der Waals surface area contributed by atoms with Gasteiger partial charge in [0.1, 0.15) is 12.6 Å². The van der Waals surface area contributed by atoms with Gasteiger partial charge in [0, 0.05) is 0 Å². The molecule has 0 aromatic heterocycles. The predicted molar refractivity (Wildman–Crippen MR) is 70.0 cm³/mol. The number of rotatable bonds is 3. The number of carbonyl (C=O) groups is 1. The normalized spacial score (nSPS) is 20.2. The number of nitrogens with one attached hydrogen (secondary N) is 1. The Kier molecular flexibility index (Phi) is 3.73. The minimum atomic E-state index is -3.72. The van der Waals surface area contributed by atoms with E-state index in [0.29, 0.717) is 5.57 Å². The Balaban J connectivity index is 2.19. The molecule has 1 aromatic carbocycles. The first-order chi connectivity index (χ1) is 8.88. The fourth-order valence-corrected chi connectivity index (χ4v) is 2.95. The summed E-state index contributed by atoms with van der Waals surface area (Å²) in [4.78, 5) is 11.6. The number of hydrogen-bond donors (Lipinski definition) is 1. The van der Waals surface area contributed by atoms with Crippen LogP contribution in [0.4, 0.5) is 0 Å². The smallest absolute Gasteiger partial charge is 0.324 e. The van der Waals surface area contributed by atoms with Crippen LogP contribution in [0.15, 0.2) is 41.3 Å². The topological polar surface area (TPSA) is 72.5 Å². The average Bonchev–Trinajstić information content (AvgIpc) is 2.34. The number of esters is 1. The number of cyclic esters (lactones) is 1. The molecule has 2 rings (SSSR count). The third-order valence-corrected chi connectivity index (χ3v) is 4.31. The maximum Gasteiger partial charge on any atom is 0.324 e. The molecule has 102 valence electrons. The highest BCUT2D eigenvalue weighted by atomic mass is 32.2. The molecule has 0 amide bonds. The van der Waals surface area contributed by atoms with Crippen molar-refractivity contribution in [2.75, 3.05) is 6.61 Å². The van der Waals surface area contributed by atoms with Gasteiger partial charge in [-0.15, -0.1) is 0 Å². The number of sulfonamides is 1. The predicted octanol–water partition coefficient (Wildman–Crippen LogP) is 1.15. The van der Waals surface area contributed by atoms with Gasteiger partial charge >= 0.3 is 5.97 Å². The third-order valence-electron chi connectivity index (χ3n) is 2.82. The molecular formula is C13H15NO4S.